The van der Waals surface area contributed by atoms with Gasteiger partial charge in [0.25, 0.3) is 0 Å². The van der Waals surface area contributed by atoms with Crippen LogP contribution in [0.25, 0.3) is 5.69 Å². The van der Waals surface area contributed by atoms with Gasteiger partial charge in [0, 0.05) is 37.9 Å². The zero-order chi connectivity index (χ0) is 22.7. The predicted octanol–water partition coefficient (Wildman–Crippen LogP) is 2.56. The first kappa shape index (κ1) is 21.8. The van der Waals surface area contributed by atoms with E-state index in [-0.39, 0.29) is 17.7 Å². The van der Waals surface area contributed by atoms with Crippen molar-refractivity contribution in [1.82, 2.24) is 25.2 Å². The molecule has 2 aromatic carbocycles. The van der Waals surface area contributed by atoms with Gasteiger partial charge in [0.2, 0.25) is 5.91 Å². The number of hydrogen-bond donors (Lipinski definition) is 2. The molecule has 0 unspecified atom stereocenters. The lowest BCUT2D eigenvalue weighted by Crippen LogP contribution is -2.51. The van der Waals surface area contributed by atoms with Crippen molar-refractivity contribution >= 4 is 5.91 Å². The molecule has 0 radical (unpaired) electrons. The Bertz CT molecular complexity index is 1060. The van der Waals surface area contributed by atoms with Crippen LogP contribution in [0.5, 0.6) is 0 Å². The Balaban J connectivity index is 1.26. The SMILES string of the molecule is O=C([C@@H]1CCNC[C@H]1c1ccccc1)N1CCC(O)(Cc2ccccc2-n2ccnn2)CC1. The Morgan fingerprint density at radius 3 is 2.61 bits per heavy atom. The molecule has 172 valence electrons. The minimum Gasteiger partial charge on any atom is -0.389 e. The van der Waals surface area contributed by atoms with Crippen LogP contribution in [0, 0.1) is 5.92 Å². The van der Waals surface area contributed by atoms with Crippen LogP contribution in [0.2, 0.25) is 0 Å². The molecule has 0 aliphatic carbocycles. The monoisotopic (exact) mass is 445 g/mol. The van der Waals surface area contributed by atoms with Gasteiger partial charge in [-0.25, -0.2) is 4.68 Å². The van der Waals surface area contributed by atoms with Crippen LogP contribution in [-0.4, -0.2) is 62.7 Å². The molecule has 1 aromatic heterocycles. The van der Waals surface area contributed by atoms with Crippen molar-refractivity contribution in [2.24, 2.45) is 5.92 Å². The average molecular weight is 446 g/mol. The van der Waals surface area contributed by atoms with Crippen LogP contribution in [0.15, 0.2) is 67.0 Å². The van der Waals surface area contributed by atoms with Crippen molar-refractivity contribution in [3.05, 3.63) is 78.1 Å². The maximum atomic E-state index is 13.5. The van der Waals surface area contributed by atoms with Crippen LogP contribution < -0.4 is 5.32 Å². The van der Waals surface area contributed by atoms with E-state index >= 15 is 0 Å². The van der Waals surface area contributed by atoms with E-state index < -0.39 is 5.60 Å². The molecule has 0 spiro atoms. The lowest BCUT2D eigenvalue weighted by atomic mass is 9.79. The van der Waals surface area contributed by atoms with Gasteiger partial charge in [-0.1, -0.05) is 53.7 Å². The number of hydrogen-bond acceptors (Lipinski definition) is 5. The van der Waals surface area contributed by atoms with E-state index in [1.54, 1.807) is 10.9 Å². The van der Waals surface area contributed by atoms with Crippen LogP contribution in [0.3, 0.4) is 0 Å². The molecule has 2 aliphatic heterocycles. The molecule has 2 N–H and O–H groups in total. The number of amides is 1. The number of carbonyl (C=O) groups excluding carboxylic acids is 1. The van der Waals surface area contributed by atoms with Gasteiger partial charge in [0.05, 0.1) is 23.7 Å². The Morgan fingerprint density at radius 2 is 1.85 bits per heavy atom. The smallest absolute Gasteiger partial charge is 0.226 e. The van der Waals surface area contributed by atoms with Gasteiger partial charge in [-0.3, -0.25) is 4.79 Å². The molecular weight excluding hydrogens is 414 g/mol. The highest BCUT2D eigenvalue weighted by atomic mass is 16.3. The summed E-state index contributed by atoms with van der Waals surface area (Å²) in [5.41, 5.74) is 2.36. The number of nitrogens with one attached hydrogen (secondary N) is 1. The molecule has 7 nitrogen and oxygen atoms in total. The third-order valence-electron chi connectivity index (χ3n) is 7.21. The van der Waals surface area contributed by atoms with Crippen molar-refractivity contribution < 1.29 is 9.90 Å². The maximum absolute atomic E-state index is 13.5. The summed E-state index contributed by atoms with van der Waals surface area (Å²) in [5.74, 6) is 0.422. The van der Waals surface area contributed by atoms with Crippen molar-refractivity contribution in [3.63, 3.8) is 0 Å². The number of aromatic nitrogens is 3. The van der Waals surface area contributed by atoms with E-state index in [4.69, 9.17) is 0 Å². The van der Waals surface area contributed by atoms with Gasteiger partial charge in [-0.2, -0.15) is 0 Å². The second-order valence-electron chi connectivity index (χ2n) is 9.32. The minimum absolute atomic E-state index is 0.00659. The number of aliphatic hydroxyl groups is 1. The number of carbonyl (C=O) groups is 1. The Hall–Kier alpha value is -3.03. The van der Waals surface area contributed by atoms with E-state index in [9.17, 15) is 9.90 Å². The summed E-state index contributed by atoms with van der Waals surface area (Å²) in [6.45, 7) is 2.88. The van der Waals surface area contributed by atoms with E-state index in [1.165, 1.54) is 5.56 Å². The number of likely N-dealkylation sites (tertiary alicyclic amines) is 1. The summed E-state index contributed by atoms with van der Waals surface area (Å²) in [7, 11) is 0. The van der Waals surface area contributed by atoms with E-state index in [0.717, 1.165) is 30.8 Å². The fourth-order valence-corrected chi connectivity index (χ4v) is 5.33. The van der Waals surface area contributed by atoms with Crippen molar-refractivity contribution in [2.45, 2.75) is 37.2 Å². The summed E-state index contributed by atoms with van der Waals surface area (Å²) in [6, 6.07) is 18.3. The molecular formula is C26H31N5O2. The number of rotatable bonds is 5. The molecule has 3 aromatic rings. The van der Waals surface area contributed by atoms with Gasteiger partial charge >= 0.3 is 0 Å². The number of para-hydroxylation sites is 1. The minimum atomic E-state index is -0.833. The molecule has 2 fully saturated rings. The van der Waals surface area contributed by atoms with Crippen molar-refractivity contribution in [3.8, 4) is 5.69 Å². The van der Waals surface area contributed by atoms with E-state index in [0.29, 0.717) is 32.4 Å². The third-order valence-corrected chi connectivity index (χ3v) is 7.21. The number of nitrogens with zero attached hydrogens (tertiary/aromatic N) is 4. The molecule has 0 saturated carbocycles. The standard InChI is InChI=1S/C26H31N5O2/c32-25(22-10-13-27-19-23(22)20-6-2-1-3-7-20)30-15-11-26(33,12-16-30)18-21-8-4-5-9-24(21)31-17-14-28-29-31/h1-9,14,17,22-23,27,33H,10-13,15-16,18-19H2/t22-,23+/m1/s1. The van der Waals surface area contributed by atoms with Gasteiger partial charge in [-0.05, 0) is 43.0 Å². The largest absolute Gasteiger partial charge is 0.389 e. The van der Waals surface area contributed by atoms with Crippen LogP contribution >= 0.6 is 0 Å². The molecule has 3 heterocycles. The fourth-order valence-electron chi connectivity index (χ4n) is 5.33. The lowest BCUT2D eigenvalue weighted by Gasteiger charge is -2.41. The highest BCUT2D eigenvalue weighted by molar-refractivity contribution is 5.80. The first-order chi connectivity index (χ1) is 16.1. The molecule has 7 heteroatoms. The van der Waals surface area contributed by atoms with Gasteiger partial charge in [0.1, 0.15) is 0 Å². The zero-order valence-corrected chi connectivity index (χ0v) is 18.8. The van der Waals surface area contributed by atoms with Crippen molar-refractivity contribution in [1.29, 1.82) is 0 Å². The molecule has 33 heavy (non-hydrogen) atoms. The number of benzene rings is 2. The number of piperidine rings is 2. The highest BCUT2D eigenvalue weighted by Crippen LogP contribution is 2.34. The maximum Gasteiger partial charge on any atom is 0.226 e. The predicted molar refractivity (Wildman–Crippen MR) is 126 cm³/mol. The second-order valence-corrected chi connectivity index (χ2v) is 9.32. The Morgan fingerprint density at radius 1 is 1.09 bits per heavy atom. The summed E-state index contributed by atoms with van der Waals surface area (Å²) in [5, 5.41) is 22.9. The van der Waals surface area contributed by atoms with Gasteiger partial charge in [0.15, 0.2) is 0 Å². The zero-order valence-electron chi connectivity index (χ0n) is 18.8. The van der Waals surface area contributed by atoms with Crippen LogP contribution in [0.4, 0.5) is 0 Å². The van der Waals surface area contributed by atoms with E-state index in [1.807, 2.05) is 53.6 Å². The average Bonchev–Trinajstić information content (AvgIpc) is 3.40. The second kappa shape index (κ2) is 9.45. The van der Waals surface area contributed by atoms with Crippen molar-refractivity contribution in [2.75, 3.05) is 26.2 Å². The van der Waals surface area contributed by atoms with Gasteiger partial charge in [-0.15, -0.1) is 5.10 Å². The highest BCUT2D eigenvalue weighted by Gasteiger charge is 2.39. The topological polar surface area (TPSA) is 83.3 Å². The Labute approximate surface area is 194 Å². The molecule has 0 bridgehead atoms. The quantitative estimate of drug-likeness (QED) is 0.631. The lowest BCUT2D eigenvalue weighted by molar-refractivity contribution is -0.141. The summed E-state index contributed by atoms with van der Waals surface area (Å²) >= 11 is 0. The molecule has 2 aliphatic rings. The first-order valence-electron chi connectivity index (χ1n) is 11.8. The third kappa shape index (κ3) is 4.70. The first-order valence-corrected chi connectivity index (χ1v) is 11.8. The normalized spacial score (nSPS) is 22.8. The Kier molecular flexibility index (Phi) is 6.24. The molecule has 5 rings (SSSR count). The summed E-state index contributed by atoms with van der Waals surface area (Å²) in [4.78, 5) is 15.5. The molecule has 2 atom stereocenters. The summed E-state index contributed by atoms with van der Waals surface area (Å²) in [6.07, 6.45) is 6.00. The molecule has 1 amide bonds. The van der Waals surface area contributed by atoms with Crippen LogP contribution in [0.1, 0.15) is 36.3 Å². The fraction of sp³-hybridized carbons (Fsp3) is 0.423. The summed E-state index contributed by atoms with van der Waals surface area (Å²) < 4.78 is 1.73. The van der Waals surface area contributed by atoms with Crippen LogP contribution in [-0.2, 0) is 11.2 Å². The van der Waals surface area contributed by atoms with E-state index in [2.05, 4.69) is 27.8 Å². The molecule has 2 saturated heterocycles. The van der Waals surface area contributed by atoms with Gasteiger partial charge < -0.3 is 15.3 Å².